The Kier molecular flexibility index (Phi) is 13.6. The Bertz CT molecular complexity index is 4920. The van der Waals surface area contributed by atoms with Gasteiger partial charge in [-0.05, 0) is 166 Å². The van der Waals surface area contributed by atoms with Crippen molar-refractivity contribution >= 4 is 43.6 Å². The lowest BCUT2D eigenvalue weighted by atomic mass is 9.96. The van der Waals surface area contributed by atoms with Crippen LogP contribution in [-0.4, -0.2) is 29.1 Å². The average Bonchev–Trinajstić information content (AvgIpc) is 1.52. The van der Waals surface area contributed by atoms with Crippen LogP contribution in [0.1, 0.15) is 5.56 Å². The minimum atomic E-state index is -4.96. The molecule has 0 saturated heterocycles. The van der Waals surface area contributed by atoms with Gasteiger partial charge in [0.1, 0.15) is 11.6 Å². The van der Waals surface area contributed by atoms with Crippen molar-refractivity contribution in [3.8, 4) is 112 Å². The first-order chi connectivity index (χ1) is 45.1. The molecule has 0 radical (unpaired) electrons. The summed E-state index contributed by atoms with van der Waals surface area (Å²) in [6.45, 7) is 0. The second kappa shape index (κ2) is 22.6. The van der Waals surface area contributed by atoms with Gasteiger partial charge in [0, 0.05) is 74.1 Å². The number of aromatic nitrogens is 6. The van der Waals surface area contributed by atoms with Crippen molar-refractivity contribution in [3.05, 3.63) is 315 Å². The third-order valence-electron chi connectivity index (χ3n) is 17.3. The normalized spacial score (nSPS) is 11.8. The van der Waals surface area contributed by atoms with E-state index >= 15 is 22.0 Å². The minimum absolute atomic E-state index is 0.0939. The van der Waals surface area contributed by atoms with E-state index in [2.05, 4.69) is 0 Å². The number of hydrogen-bond donors (Lipinski definition) is 0. The average molecular weight is 1200 g/mol. The van der Waals surface area contributed by atoms with Crippen LogP contribution in [0.2, 0.25) is 0 Å². The van der Waals surface area contributed by atoms with E-state index in [1.54, 1.807) is 33.9 Å². The Hall–Kier alpha value is -12.0. The van der Waals surface area contributed by atoms with Crippen molar-refractivity contribution in [3.63, 3.8) is 0 Å². The highest BCUT2D eigenvalue weighted by Gasteiger charge is 2.36. The molecule has 0 atom stereocenters. The summed E-state index contributed by atoms with van der Waals surface area (Å²) in [6, 6.07) is 84.1. The van der Waals surface area contributed by atoms with Gasteiger partial charge in [-0.25, -0.2) is 8.78 Å². The van der Waals surface area contributed by atoms with Crippen LogP contribution in [0.3, 0.4) is 0 Å². The molecule has 0 amide bonds. The molecule has 6 nitrogen and oxygen atoms in total. The van der Waals surface area contributed by atoms with E-state index in [-0.39, 0.29) is 16.9 Å². The quantitative estimate of drug-likeness (QED) is 0.121. The van der Waals surface area contributed by atoms with Crippen LogP contribution < -0.4 is 0 Å². The molecule has 0 aliphatic heterocycles. The van der Waals surface area contributed by atoms with E-state index in [9.17, 15) is 0 Å². The lowest BCUT2D eigenvalue weighted by molar-refractivity contribution is -0.137. The predicted octanol–water partition coefficient (Wildman–Crippen LogP) is 21.8. The van der Waals surface area contributed by atoms with E-state index in [0.717, 1.165) is 114 Å². The molecule has 0 aliphatic rings. The van der Waals surface area contributed by atoms with Crippen molar-refractivity contribution < 1.29 is 22.0 Å². The van der Waals surface area contributed by atoms with Crippen LogP contribution in [0, 0.1) is 11.6 Å². The Labute approximate surface area is 525 Å². The lowest BCUT2D eigenvalue weighted by Crippen LogP contribution is -2.12. The molecule has 6 heterocycles. The number of fused-ring (bicyclic) bond motifs is 6. The zero-order chi connectivity index (χ0) is 62.0. The molecule has 0 N–H and O–H groups in total. The summed E-state index contributed by atoms with van der Waals surface area (Å²) < 4.78 is 87.5. The maximum Gasteiger partial charge on any atom is 0.416 e. The van der Waals surface area contributed by atoms with E-state index in [1.165, 1.54) is 6.07 Å². The van der Waals surface area contributed by atoms with Gasteiger partial charge in [-0.3, -0.25) is 19.9 Å². The third-order valence-corrected chi connectivity index (χ3v) is 17.3. The van der Waals surface area contributed by atoms with E-state index in [0.29, 0.717) is 43.6 Å². The molecule has 11 heteroatoms. The summed E-state index contributed by atoms with van der Waals surface area (Å²) in [5.74, 6) is -1.92. The van der Waals surface area contributed by atoms with E-state index in [1.807, 2.05) is 243 Å². The van der Waals surface area contributed by atoms with Crippen molar-refractivity contribution in [1.29, 1.82) is 0 Å². The molecule has 438 valence electrons. The van der Waals surface area contributed by atoms with Crippen molar-refractivity contribution in [1.82, 2.24) is 29.1 Å². The number of benzene rings is 10. The monoisotopic (exact) mass is 1200 g/mol. The lowest BCUT2D eigenvalue weighted by Gasteiger charge is -2.23. The first-order valence-corrected chi connectivity index (χ1v) is 30.0. The predicted molar refractivity (Wildman–Crippen MR) is 360 cm³/mol. The third kappa shape index (κ3) is 9.93. The van der Waals surface area contributed by atoms with Gasteiger partial charge in [0.05, 0.1) is 67.3 Å². The van der Waals surface area contributed by atoms with Gasteiger partial charge < -0.3 is 9.13 Å². The zero-order valence-electron chi connectivity index (χ0n) is 48.9. The summed E-state index contributed by atoms with van der Waals surface area (Å²) in [4.78, 5) is 18.8. The fourth-order valence-corrected chi connectivity index (χ4v) is 12.9. The van der Waals surface area contributed by atoms with Crippen molar-refractivity contribution in [2.45, 2.75) is 6.18 Å². The van der Waals surface area contributed by atoms with Crippen LogP contribution in [0.15, 0.2) is 298 Å². The molecule has 0 unspecified atom stereocenters. The summed E-state index contributed by atoms with van der Waals surface area (Å²) >= 11 is 0. The van der Waals surface area contributed by atoms with Gasteiger partial charge >= 0.3 is 6.18 Å². The Morgan fingerprint density at radius 3 is 0.793 bits per heavy atom. The highest BCUT2D eigenvalue weighted by atomic mass is 19.4. The van der Waals surface area contributed by atoms with Gasteiger partial charge in [0.25, 0.3) is 0 Å². The Balaban J connectivity index is 0.982. The Morgan fingerprint density at radius 2 is 0.522 bits per heavy atom. The highest BCUT2D eigenvalue weighted by Crippen LogP contribution is 2.48. The maximum absolute atomic E-state index is 17.5. The van der Waals surface area contributed by atoms with E-state index < -0.39 is 28.9 Å². The molecular weight excluding hydrogens is 1150 g/mol. The highest BCUT2D eigenvalue weighted by molar-refractivity contribution is 6.14. The summed E-state index contributed by atoms with van der Waals surface area (Å²) in [5.41, 5.74) is 13.6. The molecule has 0 fully saturated rings. The molecule has 92 heavy (non-hydrogen) atoms. The van der Waals surface area contributed by atoms with Crippen molar-refractivity contribution in [2.24, 2.45) is 0 Å². The molecule has 16 rings (SSSR count). The van der Waals surface area contributed by atoms with Crippen LogP contribution in [0.5, 0.6) is 0 Å². The SMILES string of the molecule is Fc1cccc(F)c1-c1c(-n2c3ccc(-c4ccnc(-c5ccccc5)c4)cc3c3cc(-c4ccnc(-c5ccccc5)c4)ccc32)cc(C(F)(F)F)cc1-n1c2ccc(-c3ccnc(-c4ccccc4)c3)cc2c2cc(-c3ccnc(-c4ccccc4)c3)ccc21. The number of rotatable bonds is 11. The fraction of sp³-hybridized carbons (Fsp3) is 0.0123. The van der Waals surface area contributed by atoms with Gasteiger partial charge in [-0.1, -0.05) is 152 Å². The number of hydrogen-bond acceptors (Lipinski definition) is 4. The summed E-state index contributed by atoms with van der Waals surface area (Å²) in [7, 11) is 0. The number of pyridine rings is 4. The standard InChI is InChI=1S/C81H49F5N6/c82-67-22-13-23-68(83)79(67)80-77(91-73-28-24-54(58-32-36-87-69(44-58)50-14-5-1-6-15-50)40-63(73)64-41-55(25-29-74(64)91)59-33-37-88-70(45-59)51-16-7-2-8-17-51)48-62(81(84,85)86)49-78(80)92-75-30-26-56(60-34-38-89-71(46-60)52-18-9-3-10-19-52)42-65(75)66-43-57(27-31-76(66)92)61-35-39-90-72(47-61)53-20-11-4-12-21-53/h1-49H. The molecule has 16 aromatic rings. The van der Waals surface area contributed by atoms with E-state index in [4.69, 9.17) is 19.9 Å². The Morgan fingerprint density at radius 1 is 0.250 bits per heavy atom. The number of nitrogens with zero attached hydrogens (tertiary/aromatic N) is 6. The fourth-order valence-electron chi connectivity index (χ4n) is 12.9. The van der Waals surface area contributed by atoms with Gasteiger partial charge in [0.15, 0.2) is 0 Å². The summed E-state index contributed by atoms with van der Waals surface area (Å²) in [6.07, 6.45) is 2.07. The smallest absolute Gasteiger partial charge is 0.309 e. The second-order valence-electron chi connectivity index (χ2n) is 22.8. The number of halogens is 5. The first kappa shape index (κ1) is 55.4. The van der Waals surface area contributed by atoms with Gasteiger partial charge in [0.2, 0.25) is 0 Å². The van der Waals surface area contributed by atoms with Gasteiger partial charge in [-0.2, -0.15) is 13.2 Å². The zero-order valence-corrected chi connectivity index (χ0v) is 48.9. The minimum Gasteiger partial charge on any atom is -0.309 e. The molecular formula is C81H49F5N6. The van der Waals surface area contributed by atoms with Crippen LogP contribution in [0.25, 0.3) is 156 Å². The van der Waals surface area contributed by atoms with Crippen LogP contribution in [-0.2, 0) is 6.18 Å². The van der Waals surface area contributed by atoms with Crippen LogP contribution >= 0.6 is 0 Å². The molecule has 0 spiro atoms. The largest absolute Gasteiger partial charge is 0.416 e. The van der Waals surface area contributed by atoms with Crippen molar-refractivity contribution in [2.75, 3.05) is 0 Å². The maximum atomic E-state index is 17.5. The molecule has 10 aromatic carbocycles. The molecule has 0 bridgehead atoms. The summed E-state index contributed by atoms with van der Waals surface area (Å²) in [5, 5.41) is 2.74. The first-order valence-electron chi connectivity index (χ1n) is 30.0. The molecule has 0 saturated carbocycles. The second-order valence-corrected chi connectivity index (χ2v) is 22.8. The van der Waals surface area contributed by atoms with Crippen LogP contribution in [0.4, 0.5) is 22.0 Å². The van der Waals surface area contributed by atoms with Gasteiger partial charge in [-0.15, -0.1) is 0 Å². The molecule has 0 aliphatic carbocycles. The molecule has 6 aromatic heterocycles. The topological polar surface area (TPSA) is 61.4 Å². The number of alkyl halides is 3.